The fraction of sp³-hybridized carbons (Fsp3) is 0.325. The number of benzene rings is 2. The quantitative estimate of drug-likeness (QED) is 0.0560. The van der Waals surface area contributed by atoms with E-state index in [1.54, 1.807) is 59.0 Å². The van der Waals surface area contributed by atoms with Crippen molar-refractivity contribution in [3.63, 3.8) is 0 Å². The minimum atomic E-state index is -5.48. The summed E-state index contributed by atoms with van der Waals surface area (Å²) in [5, 5.41) is 33.4. The predicted octanol–water partition coefficient (Wildman–Crippen LogP) is 0.679. The van der Waals surface area contributed by atoms with Crippen LogP contribution in [-0.2, 0) is 58.9 Å². The lowest BCUT2D eigenvalue weighted by Gasteiger charge is -2.33. The van der Waals surface area contributed by atoms with Crippen LogP contribution in [0.1, 0.15) is 57.7 Å². The molecule has 2 aromatic carbocycles. The molecule has 2 unspecified atom stereocenters. The molecule has 2 amide bonds. The van der Waals surface area contributed by atoms with Gasteiger partial charge in [0.1, 0.15) is 40.6 Å². The number of allylic oxidation sites excluding steroid dienone is 5. The van der Waals surface area contributed by atoms with Crippen LogP contribution in [0.2, 0.25) is 0 Å². The molecule has 0 aromatic heterocycles. The Kier molecular flexibility index (Phi) is 13.3. The second-order valence-corrected chi connectivity index (χ2v) is 21.5. The van der Waals surface area contributed by atoms with Gasteiger partial charge >= 0.3 is 5.97 Å². The van der Waals surface area contributed by atoms with Crippen LogP contribution < -0.4 is 25.1 Å². The molecule has 3 N–H and O–H groups in total. The van der Waals surface area contributed by atoms with Crippen molar-refractivity contribution < 1.29 is 92.3 Å². The molecule has 2 aromatic rings. The molecular weight excluding hydrogens is 955 g/mol. The summed E-state index contributed by atoms with van der Waals surface area (Å²) >= 11 is 0.389. The molecule has 0 spiro atoms. The first-order valence-electron chi connectivity index (χ1n) is 19.1. The fourth-order valence-corrected chi connectivity index (χ4v) is 10.6. The molecule has 354 valence electrons. The third-order valence-corrected chi connectivity index (χ3v) is 14.0. The summed E-state index contributed by atoms with van der Waals surface area (Å²) in [4.78, 5) is 36.5. The van der Waals surface area contributed by atoms with Crippen molar-refractivity contribution in [2.45, 2.75) is 62.3 Å². The molecule has 4 heterocycles. The van der Waals surface area contributed by atoms with Crippen molar-refractivity contribution in [2.24, 2.45) is 5.92 Å². The highest BCUT2D eigenvalue weighted by Gasteiger charge is 2.45. The monoisotopic (exact) mass is 994 g/mol. The first-order chi connectivity index (χ1) is 30.4. The number of aliphatic hydroxyl groups excluding tert-OH is 1. The number of aliphatic hydroxyl groups is 2. The molecule has 0 bridgehead atoms. The number of hydroxylamine groups is 2. The van der Waals surface area contributed by atoms with Crippen molar-refractivity contribution in [3.8, 4) is 11.5 Å². The molecule has 1 aliphatic carbocycles. The van der Waals surface area contributed by atoms with E-state index in [0.29, 0.717) is 28.0 Å². The van der Waals surface area contributed by atoms with Crippen molar-refractivity contribution in [1.82, 2.24) is 9.64 Å². The summed E-state index contributed by atoms with van der Waals surface area (Å²) in [6.07, 6.45) is 8.97. The number of ether oxygens (including phenoxy) is 1. The van der Waals surface area contributed by atoms with E-state index >= 15 is 0 Å². The predicted molar refractivity (Wildman–Crippen MR) is 228 cm³/mol. The molecule has 66 heavy (non-hydrogen) atoms. The summed E-state index contributed by atoms with van der Waals surface area (Å²) in [5.41, 5.74) is -1.85. The highest BCUT2D eigenvalue weighted by Crippen LogP contribution is 2.52. The third kappa shape index (κ3) is 9.92. The molecule has 0 radical (unpaired) electrons. The Bertz CT molecular complexity index is 3160. The molecule has 22 nitrogen and oxygen atoms in total. The van der Waals surface area contributed by atoms with Gasteiger partial charge in [-0.1, -0.05) is 24.3 Å². The van der Waals surface area contributed by atoms with Crippen molar-refractivity contribution in [2.75, 3.05) is 18.6 Å². The molecule has 2 atom stereocenters. The normalized spacial score (nSPS) is 20.5. The summed E-state index contributed by atoms with van der Waals surface area (Å²) in [5.74, 6) is -6.62. The Morgan fingerprint density at radius 2 is 1.61 bits per heavy atom. The number of hydrogen-bond acceptors (Lipinski definition) is 19. The summed E-state index contributed by atoms with van der Waals surface area (Å²) in [7, 11) is -13.2. The lowest BCUT2D eigenvalue weighted by molar-refractivity contribution is -0.777. The van der Waals surface area contributed by atoms with E-state index in [-0.39, 0.29) is 56.5 Å². The van der Waals surface area contributed by atoms with Gasteiger partial charge in [0.2, 0.25) is 11.0 Å². The van der Waals surface area contributed by atoms with E-state index in [2.05, 4.69) is 20.9 Å². The van der Waals surface area contributed by atoms with E-state index in [1.165, 1.54) is 34.9 Å². The second-order valence-electron chi connectivity index (χ2n) is 16.4. The molecule has 4 aliphatic heterocycles. The number of carbonyl (C=O) groups is 3. The Morgan fingerprint density at radius 3 is 2.18 bits per heavy atom. The second kappa shape index (κ2) is 17.6. The molecule has 1 saturated heterocycles. The summed E-state index contributed by atoms with van der Waals surface area (Å²) in [6.45, 7) is 11.8. The molecular formula is C40H40N3O19S4-. The number of fused-ring (bicyclic) bond motifs is 4. The fourth-order valence-electron chi connectivity index (χ4n) is 8.03. The number of nitrogens with zero attached hydrogens (tertiary/aromatic N) is 3. The Hall–Kier alpha value is -5.55. The number of rotatable bonds is 10. The number of hydrogen-bond donors (Lipinski definition) is 3. The maximum Gasteiger partial charge on any atom is 0.330 e. The van der Waals surface area contributed by atoms with Gasteiger partial charge in [-0.2, -0.15) is 17.3 Å². The minimum absolute atomic E-state index is 0.0140. The smallest absolute Gasteiger partial charge is 0.330 e. The average Bonchev–Trinajstić information content (AvgIpc) is 3.44. The third-order valence-electron chi connectivity index (χ3n) is 11.0. The number of imide groups is 1. The molecule has 26 heteroatoms. The Labute approximate surface area is 381 Å². The topological polar surface area (TPSA) is 330 Å². The number of carbonyl (C=O) groups excluding carboxylic acids is 3. The zero-order valence-electron chi connectivity index (χ0n) is 35.5. The highest BCUT2D eigenvalue weighted by molar-refractivity contribution is 7.96. The number of likely N-dealkylation sites (N-methyl/N-ethyl adjacent to an activating group) is 1. The SMILES string of the molecule is C=[N+]1c2c(cc3c(c2S(=O)(=O)[O-])Oc2cc4c(cc2=C3C2C=CC=CC2=C(O)O)C(CS(=O)(=O)O)=CC(C)(C)[N+]=4C)C(CS(=O)(=O)[O-])=CC1(C)C.CC(=O)ON1C(=O)CC(SOO[O-])C1=O. The van der Waals surface area contributed by atoms with E-state index in [1.807, 2.05) is 4.58 Å². The summed E-state index contributed by atoms with van der Waals surface area (Å²) in [6, 6.07) is 4.45. The van der Waals surface area contributed by atoms with Crippen LogP contribution in [0.5, 0.6) is 11.5 Å². The lowest BCUT2D eigenvalue weighted by Crippen LogP contribution is -2.47. The maximum absolute atomic E-state index is 13.3. The zero-order valence-corrected chi connectivity index (χ0v) is 38.8. The van der Waals surface area contributed by atoms with E-state index in [4.69, 9.17) is 4.74 Å². The van der Waals surface area contributed by atoms with Gasteiger partial charge in [0.05, 0.1) is 39.5 Å². The summed E-state index contributed by atoms with van der Waals surface area (Å²) < 4.78 is 124. The van der Waals surface area contributed by atoms with E-state index < -0.39 is 98.5 Å². The van der Waals surface area contributed by atoms with Crippen LogP contribution in [0, 0.1) is 5.92 Å². The van der Waals surface area contributed by atoms with Crippen LogP contribution in [0.3, 0.4) is 0 Å². The molecule has 1 fully saturated rings. The van der Waals surface area contributed by atoms with Crippen LogP contribution in [-0.4, -0.2) is 118 Å². The maximum atomic E-state index is 13.3. The van der Waals surface area contributed by atoms with Gasteiger partial charge in [0, 0.05) is 68.9 Å². The lowest BCUT2D eigenvalue weighted by atomic mass is 9.79. The molecule has 7 rings (SSSR count). The van der Waals surface area contributed by atoms with Crippen molar-refractivity contribution >= 4 is 89.3 Å². The average molecular weight is 995 g/mol. The van der Waals surface area contributed by atoms with Gasteiger partial charge in [0.25, 0.3) is 27.9 Å². The largest absolute Gasteiger partial charge is 0.748 e. The zero-order chi connectivity index (χ0) is 49.2. The van der Waals surface area contributed by atoms with E-state index in [9.17, 15) is 68.8 Å². The van der Waals surface area contributed by atoms with E-state index in [0.717, 1.165) is 6.92 Å². The Balaban J connectivity index is 0.000000408. The van der Waals surface area contributed by atoms with Gasteiger partial charge in [0.15, 0.2) is 21.7 Å². The first kappa shape index (κ1) is 49.9. The minimum Gasteiger partial charge on any atom is -0.748 e. The van der Waals surface area contributed by atoms with Crippen molar-refractivity contribution in [1.29, 1.82) is 0 Å². The standard InChI is InChI=1S/C34H34N2O12S3.C6H7NO7S/c1-33(2)14-18(16-49(39,40)41)22-11-24-27(13-26(22)35(33)5)48-30-25(28(24)20-9-7-8-10-21(20)32(37)38)12-23-19(17-50(42,43)44)15-34(3,4)36(6)29(23)31(30)51(45,46)47;1-3(8)12-7-5(9)2-4(6(7)10)15-14-13-11/h7-15,20H,6,16-17H2,1-5H3,(H3-2,37,38,39,40,41,42,43,44,45,46,47);4,11H,2H2,1H3/p-1. The molecule has 0 saturated carbocycles. The van der Waals surface area contributed by atoms with Crippen LogP contribution in [0.25, 0.3) is 16.7 Å². The van der Waals surface area contributed by atoms with Gasteiger partial charge in [-0.15, -0.1) is 5.06 Å². The van der Waals surface area contributed by atoms with Gasteiger partial charge in [-0.05, 0) is 41.0 Å². The van der Waals surface area contributed by atoms with Crippen LogP contribution in [0.4, 0.5) is 5.69 Å². The first-order valence-corrected chi connectivity index (χ1v) is 24.5. The Morgan fingerprint density at radius 1 is 0.970 bits per heavy atom. The van der Waals surface area contributed by atoms with Gasteiger partial charge in [-0.25, -0.2) is 26.2 Å². The number of amides is 2. The highest BCUT2D eigenvalue weighted by atomic mass is 32.2. The van der Waals surface area contributed by atoms with Gasteiger partial charge < -0.3 is 34.2 Å². The van der Waals surface area contributed by atoms with Crippen molar-refractivity contribution in [3.05, 3.63) is 93.4 Å². The molecule has 5 aliphatic rings. The van der Waals surface area contributed by atoms with Crippen LogP contribution in [0.15, 0.2) is 71.1 Å². The van der Waals surface area contributed by atoms with Crippen LogP contribution >= 0.6 is 12.0 Å². The van der Waals surface area contributed by atoms with Gasteiger partial charge in [-0.3, -0.25) is 19.2 Å².